The van der Waals surface area contributed by atoms with Gasteiger partial charge in [-0.15, -0.1) is 0 Å². The first kappa shape index (κ1) is 23.2. The molecule has 12 heteroatoms. The van der Waals surface area contributed by atoms with E-state index >= 15 is 0 Å². The Morgan fingerprint density at radius 1 is 1.27 bits per heavy atom. The fourth-order valence-electron chi connectivity index (χ4n) is 3.38. The number of methoxy groups -OCH3 is 1. The van der Waals surface area contributed by atoms with Crippen LogP contribution in [0.15, 0.2) is 52.4 Å². The summed E-state index contributed by atoms with van der Waals surface area (Å²) in [6, 6.07) is 10.2. The van der Waals surface area contributed by atoms with Crippen molar-refractivity contribution in [3.05, 3.63) is 62.9 Å². The maximum Gasteiger partial charge on any atom is 0.279 e. The van der Waals surface area contributed by atoms with Crippen LogP contribution >= 0.6 is 11.3 Å². The van der Waals surface area contributed by atoms with Crippen molar-refractivity contribution in [2.75, 3.05) is 20.8 Å². The van der Waals surface area contributed by atoms with Crippen LogP contribution in [-0.2, 0) is 21.3 Å². The number of nitro benzene ring substituents is 1. The molecule has 33 heavy (non-hydrogen) atoms. The molecule has 1 aliphatic rings. The molecule has 10 nitrogen and oxygen atoms in total. The lowest BCUT2D eigenvalue weighted by atomic mass is 10.2. The third-order valence-electron chi connectivity index (χ3n) is 5.43. The summed E-state index contributed by atoms with van der Waals surface area (Å²) < 4.78 is 34.3. The van der Waals surface area contributed by atoms with E-state index in [1.165, 1.54) is 59.2 Å². The van der Waals surface area contributed by atoms with Crippen molar-refractivity contribution in [3.63, 3.8) is 0 Å². The number of sulfonamides is 1. The number of fused-ring (bicyclic) bond motifs is 1. The summed E-state index contributed by atoms with van der Waals surface area (Å²) in [5, 5.41) is 11.2. The van der Waals surface area contributed by atoms with Crippen molar-refractivity contribution >= 4 is 43.2 Å². The zero-order valence-corrected chi connectivity index (χ0v) is 19.6. The third kappa shape index (κ3) is 4.74. The highest BCUT2D eigenvalue weighted by Gasteiger charge is 2.35. The van der Waals surface area contributed by atoms with Crippen molar-refractivity contribution in [1.82, 2.24) is 8.87 Å². The largest absolute Gasteiger partial charge is 0.383 e. The summed E-state index contributed by atoms with van der Waals surface area (Å²) in [5.74, 6) is -0.540. The Bertz CT molecular complexity index is 1390. The van der Waals surface area contributed by atoms with Crippen molar-refractivity contribution in [3.8, 4) is 0 Å². The Morgan fingerprint density at radius 3 is 2.58 bits per heavy atom. The van der Waals surface area contributed by atoms with E-state index in [0.29, 0.717) is 23.5 Å². The van der Waals surface area contributed by atoms with Gasteiger partial charge in [0, 0.05) is 44.4 Å². The van der Waals surface area contributed by atoms with Crippen LogP contribution in [-0.4, -0.2) is 54.9 Å². The van der Waals surface area contributed by atoms with Gasteiger partial charge in [0.15, 0.2) is 4.80 Å². The van der Waals surface area contributed by atoms with Crippen LogP contribution < -0.4 is 4.80 Å². The quantitative estimate of drug-likeness (QED) is 0.353. The van der Waals surface area contributed by atoms with Crippen molar-refractivity contribution in [2.24, 2.45) is 4.99 Å². The van der Waals surface area contributed by atoms with Gasteiger partial charge in [-0.05, 0) is 43.2 Å². The van der Waals surface area contributed by atoms with E-state index in [1.54, 1.807) is 17.7 Å². The van der Waals surface area contributed by atoms with Crippen LogP contribution in [0.5, 0.6) is 0 Å². The summed E-state index contributed by atoms with van der Waals surface area (Å²) in [5.41, 5.74) is 0.768. The van der Waals surface area contributed by atoms with Gasteiger partial charge in [-0.3, -0.25) is 14.9 Å². The van der Waals surface area contributed by atoms with E-state index in [-0.39, 0.29) is 22.2 Å². The highest BCUT2D eigenvalue weighted by Crippen LogP contribution is 2.30. The van der Waals surface area contributed by atoms with E-state index in [0.717, 1.165) is 17.5 Å². The molecule has 1 aromatic heterocycles. The normalized spacial score (nSPS) is 14.8. The predicted molar refractivity (Wildman–Crippen MR) is 123 cm³/mol. The summed E-state index contributed by atoms with van der Waals surface area (Å²) in [4.78, 5) is 28.2. The van der Waals surface area contributed by atoms with Gasteiger partial charge in [0.2, 0.25) is 10.0 Å². The lowest BCUT2D eigenvalue weighted by Crippen LogP contribution is -2.28. The molecule has 0 saturated heterocycles. The first-order chi connectivity index (χ1) is 15.7. The number of hydrogen-bond acceptors (Lipinski definition) is 7. The first-order valence-electron chi connectivity index (χ1n) is 10.2. The number of amides is 1. The van der Waals surface area contributed by atoms with Crippen LogP contribution in [0.1, 0.15) is 23.2 Å². The van der Waals surface area contributed by atoms with Gasteiger partial charge in [-0.1, -0.05) is 11.3 Å². The van der Waals surface area contributed by atoms with Crippen LogP contribution in [0, 0.1) is 10.1 Å². The van der Waals surface area contributed by atoms with Crippen molar-refractivity contribution in [2.45, 2.75) is 30.3 Å². The molecule has 1 amide bonds. The molecule has 1 aliphatic carbocycles. The number of nitro groups is 1. The molecule has 0 bridgehead atoms. The second-order valence-electron chi connectivity index (χ2n) is 7.63. The smallest absolute Gasteiger partial charge is 0.279 e. The fourth-order valence-corrected chi connectivity index (χ4v) is 5.83. The molecule has 1 saturated carbocycles. The lowest BCUT2D eigenvalue weighted by molar-refractivity contribution is -0.384. The van der Waals surface area contributed by atoms with Crippen LogP contribution in [0.3, 0.4) is 0 Å². The van der Waals surface area contributed by atoms with E-state index in [9.17, 15) is 23.3 Å². The van der Waals surface area contributed by atoms with Gasteiger partial charge < -0.3 is 9.30 Å². The standard InChI is InChI=1S/C21H22N4O6S2/c1-23(15-5-6-15)33(29,30)17-8-3-14(4-9-17)20(26)22-21-24(11-12-31-2)18-13-16(25(27)28)7-10-19(18)32-21/h3-4,7-10,13,15H,5-6,11-12H2,1-2H3. The van der Waals surface area contributed by atoms with E-state index in [2.05, 4.69) is 4.99 Å². The summed E-state index contributed by atoms with van der Waals surface area (Å²) in [6.45, 7) is 0.686. The van der Waals surface area contributed by atoms with Gasteiger partial charge in [-0.2, -0.15) is 9.30 Å². The molecule has 0 radical (unpaired) electrons. The summed E-state index contributed by atoms with van der Waals surface area (Å²) in [6.07, 6.45) is 1.71. The number of hydrogen-bond donors (Lipinski definition) is 0. The summed E-state index contributed by atoms with van der Waals surface area (Å²) >= 11 is 1.23. The lowest BCUT2D eigenvalue weighted by Gasteiger charge is -2.16. The fraction of sp³-hybridized carbons (Fsp3) is 0.333. The Balaban J connectivity index is 1.68. The zero-order valence-electron chi connectivity index (χ0n) is 18.0. The van der Waals surface area contributed by atoms with Crippen molar-refractivity contribution in [1.29, 1.82) is 0 Å². The minimum atomic E-state index is -3.60. The Kier molecular flexibility index (Phi) is 6.43. The van der Waals surface area contributed by atoms with Crippen molar-refractivity contribution < 1.29 is 22.9 Å². The number of rotatable bonds is 8. The minimum absolute atomic E-state index is 0.0395. The summed E-state index contributed by atoms with van der Waals surface area (Å²) in [7, 11) is -0.503. The molecule has 0 spiro atoms. The Hall–Kier alpha value is -2.93. The number of non-ortho nitro benzene ring substituents is 1. The molecule has 3 aromatic rings. The maximum atomic E-state index is 12.8. The zero-order chi connectivity index (χ0) is 23.8. The predicted octanol–water partition coefficient (Wildman–Crippen LogP) is 2.78. The van der Waals surface area contributed by atoms with Crippen LogP contribution in [0.2, 0.25) is 0 Å². The monoisotopic (exact) mass is 490 g/mol. The number of nitrogens with zero attached hydrogens (tertiary/aromatic N) is 4. The molecule has 0 atom stereocenters. The van der Waals surface area contributed by atoms with E-state index < -0.39 is 20.9 Å². The Morgan fingerprint density at radius 2 is 1.97 bits per heavy atom. The second-order valence-corrected chi connectivity index (χ2v) is 10.6. The highest BCUT2D eigenvalue weighted by molar-refractivity contribution is 7.89. The molecule has 4 rings (SSSR count). The van der Waals surface area contributed by atoms with Gasteiger partial charge in [0.1, 0.15) is 0 Å². The SMILES string of the molecule is COCCn1c(=NC(=O)c2ccc(S(=O)(=O)N(C)C3CC3)cc2)sc2ccc([N+](=O)[O-])cc21. The maximum absolute atomic E-state index is 12.8. The second kappa shape index (κ2) is 9.14. The van der Waals surface area contributed by atoms with E-state index in [4.69, 9.17) is 4.74 Å². The molecule has 2 aromatic carbocycles. The number of carbonyl (C=O) groups is 1. The highest BCUT2D eigenvalue weighted by atomic mass is 32.2. The molecular formula is C21H22N4O6S2. The molecule has 1 heterocycles. The average molecular weight is 491 g/mol. The van der Waals surface area contributed by atoms with Gasteiger partial charge in [0.05, 0.1) is 26.6 Å². The van der Waals surface area contributed by atoms with Crippen LogP contribution in [0.25, 0.3) is 10.2 Å². The van der Waals surface area contributed by atoms with Gasteiger partial charge >= 0.3 is 0 Å². The van der Waals surface area contributed by atoms with Gasteiger partial charge in [-0.25, -0.2) is 8.42 Å². The number of benzene rings is 2. The molecule has 0 aliphatic heterocycles. The first-order valence-corrected chi connectivity index (χ1v) is 12.4. The number of ether oxygens (including phenoxy) is 1. The molecule has 174 valence electrons. The Labute approximate surface area is 193 Å². The minimum Gasteiger partial charge on any atom is -0.383 e. The molecule has 0 N–H and O–H groups in total. The molecule has 1 fully saturated rings. The van der Waals surface area contributed by atoms with Crippen LogP contribution in [0.4, 0.5) is 5.69 Å². The third-order valence-corrected chi connectivity index (χ3v) is 8.42. The average Bonchev–Trinajstić information content (AvgIpc) is 3.59. The molecular weight excluding hydrogens is 468 g/mol. The van der Waals surface area contributed by atoms with Gasteiger partial charge in [0.25, 0.3) is 11.6 Å². The number of thiazole rings is 1. The number of aromatic nitrogens is 1. The topological polar surface area (TPSA) is 124 Å². The van der Waals surface area contributed by atoms with E-state index in [1.807, 2.05) is 0 Å². The molecule has 0 unspecified atom stereocenters. The number of carbonyl (C=O) groups excluding carboxylic acids is 1.